The number of hydrogen-bond donors (Lipinski definition) is 1. The summed E-state index contributed by atoms with van der Waals surface area (Å²) in [5, 5.41) is 0.787. The molecule has 21 heavy (non-hydrogen) atoms. The molecule has 2 heterocycles. The smallest absolute Gasteiger partial charge is 0.162 e. The number of hydrogen-bond acceptors (Lipinski definition) is 6. The van der Waals surface area contributed by atoms with E-state index in [0.29, 0.717) is 23.9 Å². The molecular weight excluding hydrogens is 268 g/mol. The monoisotopic (exact) mass is 288 g/mol. The lowest BCUT2D eigenvalue weighted by atomic mass is 10.2. The Hall–Kier alpha value is -2.08. The van der Waals surface area contributed by atoms with E-state index in [1.807, 2.05) is 12.1 Å². The molecular formula is C15H20N4O2. The molecule has 0 saturated carbocycles. The molecule has 1 aliphatic heterocycles. The molecule has 2 aromatic rings. The number of likely N-dealkylation sites (tertiary alicyclic amines) is 1. The van der Waals surface area contributed by atoms with Gasteiger partial charge in [0.15, 0.2) is 11.5 Å². The maximum atomic E-state index is 5.89. The van der Waals surface area contributed by atoms with Crippen molar-refractivity contribution >= 4 is 16.7 Å². The molecule has 1 fully saturated rings. The van der Waals surface area contributed by atoms with Crippen molar-refractivity contribution < 1.29 is 9.47 Å². The van der Waals surface area contributed by atoms with Crippen LogP contribution < -0.4 is 15.2 Å². The molecule has 1 aromatic carbocycles. The number of aromatic nitrogens is 2. The number of benzene rings is 1. The fourth-order valence-electron chi connectivity index (χ4n) is 2.65. The lowest BCUT2D eigenvalue weighted by molar-refractivity contribution is 0.230. The van der Waals surface area contributed by atoms with Gasteiger partial charge in [-0.25, -0.2) is 9.97 Å². The summed E-state index contributed by atoms with van der Waals surface area (Å²) in [5.74, 6) is 1.81. The van der Waals surface area contributed by atoms with Gasteiger partial charge in [0.25, 0.3) is 0 Å². The third kappa shape index (κ3) is 3.00. The van der Waals surface area contributed by atoms with E-state index in [9.17, 15) is 0 Å². The normalized spacial score (nSPS) is 15.5. The van der Waals surface area contributed by atoms with Crippen LogP contribution in [-0.2, 0) is 0 Å². The third-order valence-electron chi connectivity index (χ3n) is 3.82. The van der Waals surface area contributed by atoms with E-state index in [4.69, 9.17) is 15.2 Å². The van der Waals surface area contributed by atoms with Crippen molar-refractivity contribution in [3.8, 4) is 11.5 Å². The van der Waals surface area contributed by atoms with Crippen LogP contribution >= 0.6 is 0 Å². The fraction of sp³-hybridized carbons (Fsp3) is 0.467. The first-order chi connectivity index (χ1) is 10.3. The highest BCUT2D eigenvalue weighted by Crippen LogP contribution is 2.33. The molecule has 2 N–H and O–H groups in total. The zero-order valence-electron chi connectivity index (χ0n) is 12.2. The highest BCUT2D eigenvalue weighted by molar-refractivity contribution is 5.90. The van der Waals surface area contributed by atoms with Crippen LogP contribution in [0.1, 0.15) is 12.8 Å². The second-order valence-corrected chi connectivity index (χ2v) is 5.18. The molecule has 1 aromatic heterocycles. The molecule has 6 heteroatoms. The van der Waals surface area contributed by atoms with Crippen LogP contribution in [0.5, 0.6) is 11.5 Å². The predicted molar refractivity (Wildman–Crippen MR) is 81.7 cm³/mol. The second kappa shape index (κ2) is 6.13. The zero-order valence-corrected chi connectivity index (χ0v) is 12.2. The minimum Gasteiger partial charge on any atom is -0.493 e. The van der Waals surface area contributed by atoms with Crippen LogP contribution in [0.4, 0.5) is 5.82 Å². The summed E-state index contributed by atoms with van der Waals surface area (Å²) in [4.78, 5) is 10.6. The van der Waals surface area contributed by atoms with Gasteiger partial charge < -0.3 is 15.2 Å². The van der Waals surface area contributed by atoms with E-state index in [1.54, 1.807) is 7.11 Å². The molecule has 0 radical (unpaired) electrons. The summed E-state index contributed by atoms with van der Waals surface area (Å²) >= 11 is 0. The highest BCUT2D eigenvalue weighted by Gasteiger charge is 2.13. The van der Waals surface area contributed by atoms with Gasteiger partial charge in [-0.05, 0) is 32.0 Å². The van der Waals surface area contributed by atoms with Crippen LogP contribution in [0.3, 0.4) is 0 Å². The van der Waals surface area contributed by atoms with E-state index in [0.717, 1.165) is 17.4 Å². The quantitative estimate of drug-likeness (QED) is 0.902. The van der Waals surface area contributed by atoms with Crippen molar-refractivity contribution in [3.05, 3.63) is 18.5 Å². The standard InChI is InChI=1S/C15H20N4O2/c1-20-13-9-12-11(15(16)18-10-17-12)8-14(13)21-7-6-19-4-2-3-5-19/h8-10H,2-7H2,1H3,(H2,16,17,18). The van der Waals surface area contributed by atoms with Crippen molar-refractivity contribution in [2.75, 3.05) is 39.1 Å². The van der Waals surface area contributed by atoms with Gasteiger partial charge in [-0.1, -0.05) is 0 Å². The number of methoxy groups -OCH3 is 1. The number of nitrogens with two attached hydrogens (primary N) is 1. The minimum absolute atomic E-state index is 0.451. The van der Waals surface area contributed by atoms with Crippen molar-refractivity contribution in [2.45, 2.75) is 12.8 Å². The van der Waals surface area contributed by atoms with Gasteiger partial charge in [-0.3, -0.25) is 4.90 Å². The molecule has 0 unspecified atom stereocenters. The van der Waals surface area contributed by atoms with Gasteiger partial charge in [0.2, 0.25) is 0 Å². The first-order valence-electron chi connectivity index (χ1n) is 7.21. The molecule has 6 nitrogen and oxygen atoms in total. The topological polar surface area (TPSA) is 73.5 Å². The second-order valence-electron chi connectivity index (χ2n) is 5.18. The van der Waals surface area contributed by atoms with Crippen LogP contribution in [0.15, 0.2) is 18.5 Å². The minimum atomic E-state index is 0.451. The molecule has 0 amide bonds. The van der Waals surface area contributed by atoms with Gasteiger partial charge in [-0.2, -0.15) is 0 Å². The van der Waals surface area contributed by atoms with E-state index in [2.05, 4.69) is 14.9 Å². The molecule has 0 aliphatic carbocycles. The van der Waals surface area contributed by atoms with E-state index in [-0.39, 0.29) is 0 Å². The van der Waals surface area contributed by atoms with Crippen LogP contribution in [0.25, 0.3) is 10.9 Å². The van der Waals surface area contributed by atoms with Crippen LogP contribution in [-0.4, -0.2) is 48.2 Å². The predicted octanol–water partition coefficient (Wildman–Crippen LogP) is 1.70. The fourth-order valence-corrected chi connectivity index (χ4v) is 2.65. The summed E-state index contributed by atoms with van der Waals surface area (Å²) in [6.07, 6.45) is 4.02. The number of rotatable bonds is 5. The number of ether oxygens (including phenoxy) is 2. The average Bonchev–Trinajstić information content (AvgIpc) is 3.00. The van der Waals surface area contributed by atoms with Crippen LogP contribution in [0, 0.1) is 0 Å². The Labute approximate surface area is 123 Å². The van der Waals surface area contributed by atoms with Gasteiger partial charge in [0, 0.05) is 18.0 Å². The van der Waals surface area contributed by atoms with Crippen LogP contribution in [0.2, 0.25) is 0 Å². The number of fused-ring (bicyclic) bond motifs is 1. The van der Waals surface area contributed by atoms with Crippen molar-refractivity contribution in [1.82, 2.24) is 14.9 Å². The number of nitrogens with zero attached hydrogens (tertiary/aromatic N) is 3. The Morgan fingerprint density at radius 2 is 2.00 bits per heavy atom. The largest absolute Gasteiger partial charge is 0.493 e. The Morgan fingerprint density at radius 1 is 1.19 bits per heavy atom. The molecule has 1 aliphatic rings. The molecule has 1 saturated heterocycles. The van der Waals surface area contributed by atoms with Crippen molar-refractivity contribution in [1.29, 1.82) is 0 Å². The maximum absolute atomic E-state index is 5.89. The van der Waals surface area contributed by atoms with E-state index in [1.165, 1.54) is 32.3 Å². The summed E-state index contributed by atoms with van der Waals surface area (Å²) in [7, 11) is 1.62. The SMILES string of the molecule is COc1cc2ncnc(N)c2cc1OCCN1CCCC1. The van der Waals surface area contributed by atoms with Gasteiger partial charge >= 0.3 is 0 Å². The number of nitrogen functional groups attached to an aromatic ring is 1. The zero-order chi connectivity index (χ0) is 14.7. The first-order valence-corrected chi connectivity index (χ1v) is 7.21. The van der Waals surface area contributed by atoms with E-state index < -0.39 is 0 Å². The Morgan fingerprint density at radius 3 is 2.76 bits per heavy atom. The maximum Gasteiger partial charge on any atom is 0.162 e. The van der Waals surface area contributed by atoms with Crippen molar-refractivity contribution in [2.24, 2.45) is 0 Å². The summed E-state index contributed by atoms with van der Waals surface area (Å²) in [6, 6.07) is 3.69. The van der Waals surface area contributed by atoms with Crippen molar-refractivity contribution in [3.63, 3.8) is 0 Å². The van der Waals surface area contributed by atoms with E-state index >= 15 is 0 Å². The van der Waals surface area contributed by atoms with Gasteiger partial charge in [0.1, 0.15) is 18.8 Å². The molecule has 3 rings (SSSR count). The summed E-state index contributed by atoms with van der Waals surface area (Å²) in [6.45, 7) is 3.90. The first kappa shape index (κ1) is 13.9. The molecule has 0 bridgehead atoms. The lowest BCUT2D eigenvalue weighted by Crippen LogP contribution is -2.25. The summed E-state index contributed by atoms with van der Waals surface area (Å²) in [5.41, 5.74) is 6.64. The Balaban J connectivity index is 1.77. The third-order valence-corrected chi connectivity index (χ3v) is 3.82. The number of anilines is 1. The summed E-state index contributed by atoms with van der Waals surface area (Å²) < 4.78 is 11.3. The lowest BCUT2D eigenvalue weighted by Gasteiger charge is -2.16. The highest BCUT2D eigenvalue weighted by atomic mass is 16.5. The Bertz CT molecular complexity index is 626. The molecule has 112 valence electrons. The molecule has 0 atom stereocenters. The van der Waals surface area contributed by atoms with Gasteiger partial charge in [0.05, 0.1) is 12.6 Å². The molecule has 0 spiro atoms. The average molecular weight is 288 g/mol. The Kier molecular flexibility index (Phi) is 4.06. The van der Waals surface area contributed by atoms with Gasteiger partial charge in [-0.15, -0.1) is 0 Å².